The maximum absolute atomic E-state index is 13.8. The van der Waals surface area contributed by atoms with Crippen molar-refractivity contribution in [3.8, 4) is 11.5 Å². The number of H-pyrrole nitrogens is 1. The Hall–Kier alpha value is -3.10. The highest BCUT2D eigenvalue weighted by atomic mass is 19.1. The van der Waals surface area contributed by atoms with E-state index in [0.717, 1.165) is 79.3 Å². The minimum absolute atomic E-state index is 0.195. The summed E-state index contributed by atoms with van der Waals surface area (Å²) in [6.45, 7) is 7.14. The summed E-state index contributed by atoms with van der Waals surface area (Å²) < 4.78 is 24.7. The van der Waals surface area contributed by atoms with Gasteiger partial charge in [-0.15, -0.1) is 0 Å². The molecule has 6 rings (SSSR count). The lowest BCUT2D eigenvalue weighted by Crippen LogP contribution is -3.28. The Morgan fingerprint density at radius 2 is 1.85 bits per heavy atom. The Morgan fingerprint density at radius 3 is 2.73 bits per heavy atom. The van der Waals surface area contributed by atoms with Crippen molar-refractivity contribution in [3.63, 3.8) is 0 Å². The van der Waals surface area contributed by atoms with Crippen molar-refractivity contribution < 1.29 is 28.5 Å². The van der Waals surface area contributed by atoms with Crippen molar-refractivity contribution in [1.82, 2.24) is 9.88 Å². The third kappa shape index (κ3) is 4.05. The van der Waals surface area contributed by atoms with Crippen molar-refractivity contribution in [2.24, 2.45) is 0 Å². The van der Waals surface area contributed by atoms with Crippen LogP contribution >= 0.6 is 0 Å². The second kappa shape index (κ2) is 8.35. The molecule has 1 amide bonds. The van der Waals surface area contributed by atoms with Gasteiger partial charge in [0, 0.05) is 47.2 Å². The average Bonchev–Trinajstić information content (AvgIpc) is 3.44. The molecule has 3 N–H and O–H groups in total. The molecule has 0 saturated carbocycles. The van der Waals surface area contributed by atoms with Gasteiger partial charge < -0.3 is 29.2 Å². The second-order valence-electron chi connectivity index (χ2n) is 9.38. The molecule has 3 aliphatic heterocycles. The smallest absolute Gasteiger partial charge is 0.278 e. The molecule has 3 aliphatic rings. The molecule has 1 aromatic heterocycles. The topological polar surface area (TPSA) is 63.4 Å². The Kier molecular flexibility index (Phi) is 5.19. The average molecular weight is 453 g/mol. The number of ether oxygens (including phenoxy) is 2. The molecular weight excluding hydrogens is 423 g/mol. The fraction of sp³-hybridized carbons (Fsp3) is 0.400. The second-order valence-corrected chi connectivity index (χ2v) is 9.38. The molecule has 172 valence electrons. The minimum Gasteiger partial charge on any atom is -0.454 e. The van der Waals surface area contributed by atoms with Crippen molar-refractivity contribution in [1.29, 1.82) is 0 Å². The molecular formula is C25H29FN4O3+2. The number of halogens is 1. The zero-order chi connectivity index (χ0) is 22.4. The third-order valence-corrected chi connectivity index (χ3v) is 7.25. The highest BCUT2D eigenvalue weighted by Crippen LogP contribution is 2.32. The van der Waals surface area contributed by atoms with Crippen LogP contribution in [-0.4, -0.2) is 61.9 Å². The quantitative estimate of drug-likeness (QED) is 0.518. The first kappa shape index (κ1) is 20.5. The van der Waals surface area contributed by atoms with Crippen LogP contribution in [0.3, 0.4) is 0 Å². The maximum Gasteiger partial charge on any atom is 0.278 e. The van der Waals surface area contributed by atoms with Crippen LogP contribution in [0.15, 0.2) is 36.4 Å². The van der Waals surface area contributed by atoms with E-state index in [1.165, 1.54) is 21.4 Å². The van der Waals surface area contributed by atoms with Gasteiger partial charge in [0.1, 0.15) is 38.5 Å². The van der Waals surface area contributed by atoms with Gasteiger partial charge in [-0.3, -0.25) is 4.79 Å². The first-order chi connectivity index (χ1) is 16.1. The number of benzene rings is 2. The third-order valence-electron chi connectivity index (χ3n) is 7.25. The number of hydrogen-bond acceptors (Lipinski definition) is 3. The summed E-state index contributed by atoms with van der Waals surface area (Å²) in [5.41, 5.74) is 4.40. The molecule has 0 atom stereocenters. The molecule has 4 heterocycles. The largest absolute Gasteiger partial charge is 0.454 e. The van der Waals surface area contributed by atoms with Gasteiger partial charge in [0.25, 0.3) is 5.91 Å². The molecule has 0 aliphatic carbocycles. The summed E-state index contributed by atoms with van der Waals surface area (Å²) in [6.07, 6.45) is 0.792. The number of aromatic nitrogens is 1. The fourth-order valence-corrected chi connectivity index (χ4v) is 5.38. The number of aromatic amines is 1. The highest BCUT2D eigenvalue weighted by Gasteiger charge is 2.30. The van der Waals surface area contributed by atoms with E-state index in [9.17, 15) is 9.18 Å². The van der Waals surface area contributed by atoms with E-state index in [2.05, 4.69) is 17.1 Å². The van der Waals surface area contributed by atoms with Crippen molar-refractivity contribution in [2.75, 3.05) is 46.1 Å². The number of piperazine rings is 1. The maximum atomic E-state index is 13.8. The summed E-state index contributed by atoms with van der Waals surface area (Å²) in [7, 11) is 0. The van der Waals surface area contributed by atoms with Crippen LogP contribution in [0.1, 0.15) is 16.8 Å². The normalized spacial score (nSPS) is 21.9. The molecule has 8 heteroatoms. The highest BCUT2D eigenvalue weighted by molar-refractivity contribution is 5.86. The fourth-order valence-electron chi connectivity index (χ4n) is 5.38. The van der Waals surface area contributed by atoms with Crippen LogP contribution in [0.4, 0.5) is 4.39 Å². The van der Waals surface area contributed by atoms with Crippen molar-refractivity contribution in [3.05, 3.63) is 59.0 Å². The molecule has 1 saturated heterocycles. The van der Waals surface area contributed by atoms with E-state index >= 15 is 0 Å². The van der Waals surface area contributed by atoms with Crippen LogP contribution in [0, 0.1) is 5.82 Å². The lowest BCUT2D eigenvalue weighted by atomic mass is 10.0. The Morgan fingerprint density at radius 1 is 1.03 bits per heavy atom. The number of nitrogens with zero attached hydrogens (tertiary/aromatic N) is 1. The number of carbonyl (C=O) groups is 1. The summed E-state index contributed by atoms with van der Waals surface area (Å²) >= 11 is 0. The first-order valence-electron chi connectivity index (χ1n) is 11.7. The number of carbonyl (C=O) groups excluding carboxylic acids is 1. The number of amides is 1. The van der Waals surface area contributed by atoms with Gasteiger partial charge in [0.2, 0.25) is 6.79 Å². The van der Waals surface area contributed by atoms with Gasteiger partial charge in [-0.2, -0.15) is 0 Å². The number of rotatable bonds is 4. The summed E-state index contributed by atoms with van der Waals surface area (Å²) in [5, 5.41) is 0.899. The lowest BCUT2D eigenvalue weighted by molar-refractivity contribution is -1.02. The molecule has 7 nitrogen and oxygen atoms in total. The lowest BCUT2D eigenvalue weighted by Gasteiger charge is -2.32. The zero-order valence-corrected chi connectivity index (χ0v) is 18.6. The van der Waals surface area contributed by atoms with E-state index in [0.29, 0.717) is 19.9 Å². The number of fused-ring (bicyclic) bond motifs is 4. The summed E-state index contributed by atoms with van der Waals surface area (Å²) in [5.74, 6) is 1.62. The Balaban J connectivity index is 1.03. The predicted molar refractivity (Wildman–Crippen MR) is 120 cm³/mol. The molecule has 0 radical (unpaired) electrons. The van der Waals surface area contributed by atoms with Crippen LogP contribution < -0.4 is 19.3 Å². The number of quaternary nitrogens is 2. The number of hydrogen-bond donors (Lipinski definition) is 3. The van der Waals surface area contributed by atoms with E-state index in [4.69, 9.17) is 9.47 Å². The number of nitrogens with one attached hydrogen (secondary N) is 3. The molecule has 0 unspecified atom stereocenters. The summed E-state index contributed by atoms with van der Waals surface area (Å²) in [4.78, 5) is 21.3. The predicted octanol–water partition coefficient (Wildman–Crippen LogP) is -0.0960. The van der Waals surface area contributed by atoms with Crippen molar-refractivity contribution >= 4 is 16.8 Å². The van der Waals surface area contributed by atoms with E-state index in [1.54, 1.807) is 12.1 Å². The van der Waals surface area contributed by atoms with Crippen LogP contribution in [0.2, 0.25) is 0 Å². The van der Waals surface area contributed by atoms with Crippen LogP contribution in [0.5, 0.6) is 11.5 Å². The van der Waals surface area contributed by atoms with Gasteiger partial charge in [0.05, 0.1) is 0 Å². The Labute approximate surface area is 191 Å². The molecule has 1 fully saturated rings. The van der Waals surface area contributed by atoms with Gasteiger partial charge in [-0.05, 0) is 36.4 Å². The van der Waals surface area contributed by atoms with Gasteiger partial charge >= 0.3 is 0 Å². The first-order valence-corrected chi connectivity index (χ1v) is 11.7. The minimum atomic E-state index is -0.238. The summed E-state index contributed by atoms with van der Waals surface area (Å²) in [6, 6.07) is 11.0. The Bertz CT molecular complexity index is 1200. The van der Waals surface area contributed by atoms with E-state index < -0.39 is 0 Å². The monoisotopic (exact) mass is 452 g/mol. The van der Waals surface area contributed by atoms with Gasteiger partial charge in [-0.25, -0.2) is 4.39 Å². The molecule has 0 spiro atoms. The molecule has 33 heavy (non-hydrogen) atoms. The zero-order valence-electron chi connectivity index (χ0n) is 18.6. The SMILES string of the molecule is O=C(C[NH+]1CC[NH+](Cc2ccc3c(c2)OCO3)CC1)N1CCc2[nH]c3ccc(F)cc3c2C1. The molecule has 0 bridgehead atoms. The van der Waals surface area contributed by atoms with Crippen LogP contribution in [0.25, 0.3) is 10.9 Å². The molecule has 2 aromatic carbocycles. The standard InChI is InChI=1S/C25H27FN4O3/c26-18-2-3-21-19(12-18)20-14-30(6-5-22(20)27-21)25(31)15-29-9-7-28(8-10-29)13-17-1-4-23-24(11-17)33-16-32-23/h1-4,11-12,27H,5-10,13-16H2/p+2. The molecule has 3 aromatic rings. The van der Waals surface area contributed by atoms with E-state index in [-0.39, 0.29) is 11.7 Å². The van der Waals surface area contributed by atoms with Gasteiger partial charge in [0.15, 0.2) is 18.0 Å². The van der Waals surface area contributed by atoms with Crippen LogP contribution in [-0.2, 0) is 24.3 Å². The van der Waals surface area contributed by atoms with Gasteiger partial charge in [-0.1, -0.05) is 0 Å². The van der Waals surface area contributed by atoms with Crippen molar-refractivity contribution in [2.45, 2.75) is 19.5 Å². The van der Waals surface area contributed by atoms with E-state index in [1.807, 2.05) is 11.0 Å².